The summed E-state index contributed by atoms with van der Waals surface area (Å²) in [5.74, 6) is 2.10. The van der Waals surface area contributed by atoms with Gasteiger partial charge < -0.3 is 5.32 Å². The van der Waals surface area contributed by atoms with Crippen LogP contribution < -0.4 is 10.8 Å². The number of nitrogens with one attached hydrogen (secondary N) is 2. The van der Waals surface area contributed by atoms with Crippen molar-refractivity contribution in [1.82, 2.24) is 10.8 Å². The molecule has 3 rings (SSSR count). The van der Waals surface area contributed by atoms with Gasteiger partial charge in [-0.05, 0) is 36.0 Å². The van der Waals surface area contributed by atoms with E-state index in [1.165, 1.54) is 12.5 Å². The van der Waals surface area contributed by atoms with Gasteiger partial charge in [-0.1, -0.05) is 24.3 Å². The maximum absolute atomic E-state index is 11.4. The highest BCUT2D eigenvalue weighted by Crippen LogP contribution is 2.29. The summed E-state index contributed by atoms with van der Waals surface area (Å²) in [6, 6.07) is 8.48. The Bertz CT molecular complexity index is 617. The van der Waals surface area contributed by atoms with Crippen molar-refractivity contribution in [3.8, 4) is 0 Å². The number of benzene rings is 1. The van der Waals surface area contributed by atoms with Crippen molar-refractivity contribution in [1.29, 1.82) is 0 Å². The number of carbonyl (C=O) groups is 1. The third kappa shape index (κ3) is 4.20. The predicted molar refractivity (Wildman–Crippen MR) is 91.0 cm³/mol. The molecule has 0 radical (unpaired) electrons. The molecular formula is C17H22N2O3S. The lowest BCUT2D eigenvalue weighted by Gasteiger charge is -2.21. The lowest BCUT2D eigenvalue weighted by atomic mass is 9.92. The molecule has 2 aliphatic heterocycles. The van der Waals surface area contributed by atoms with Crippen molar-refractivity contribution in [2.45, 2.75) is 31.8 Å². The Morgan fingerprint density at radius 1 is 1.30 bits per heavy atom. The minimum absolute atomic E-state index is 0.0618. The largest absolute Gasteiger partial charge is 0.353 e. The zero-order valence-electron chi connectivity index (χ0n) is 13.2. The zero-order valence-corrected chi connectivity index (χ0v) is 14.0. The maximum Gasteiger partial charge on any atom is 0.216 e. The van der Waals surface area contributed by atoms with E-state index in [-0.39, 0.29) is 12.0 Å². The van der Waals surface area contributed by atoms with Gasteiger partial charge in [0.2, 0.25) is 5.91 Å². The number of rotatable bonds is 4. The second-order valence-corrected chi connectivity index (χ2v) is 7.72. The van der Waals surface area contributed by atoms with Gasteiger partial charge >= 0.3 is 0 Å². The molecule has 1 aromatic carbocycles. The molecule has 1 unspecified atom stereocenters. The number of amides is 1. The maximum atomic E-state index is 11.4. The molecule has 1 saturated heterocycles. The van der Waals surface area contributed by atoms with Gasteiger partial charge in [-0.25, -0.2) is 0 Å². The number of carbonyl (C=O) groups excluding carboxylic acids is 1. The zero-order chi connectivity index (χ0) is 16.2. The van der Waals surface area contributed by atoms with Crippen LogP contribution in [0, 0.1) is 0 Å². The molecule has 0 bridgehead atoms. The minimum Gasteiger partial charge on any atom is -0.353 e. The fourth-order valence-corrected chi connectivity index (χ4v) is 4.25. The Labute approximate surface area is 138 Å². The average Bonchev–Trinajstić information content (AvgIpc) is 3.03. The SMILES string of the molecule is CC(=O)NCC1C=C(c2ccc(C3CCS(=O)CC3)cc2)NO1. The van der Waals surface area contributed by atoms with E-state index in [2.05, 4.69) is 35.1 Å². The van der Waals surface area contributed by atoms with E-state index < -0.39 is 10.8 Å². The first-order valence-electron chi connectivity index (χ1n) is 7.95. The third-order valence-corrected chi connectivity index (χ3v) is 5.69. The Kier molecular flexibility index (Phi) is 5.13. The number of hydroxylamine groups is 1. The summed E-state index contributed by atoms with van der Waals surface area (Å²) in [4.78, 5) is 16.4. The van der Waals surface area contributed by atoms with Crippen molar-refractivity contribution in [3.05, 3.63) is 41.5 Å². The van der Waals surface area contributed by atoms with E-state index in [1.54, 1.807) is 0 Å². The third-order valence-electron chi connectivity index (χ3n) is 4.31. The molecule has 6 heteroatoms. The van der Waals surface area contributed by atoms with Gasteiger partial charge in [-0.3, -0.25) is 19.3 Å². The van der Waals surface area contributed by atoms with Crippen LogP contribution in [0.25, 0.3) is 5.70 Å². The average molecular weight is 334 g/mol. The Morgan fingerprint density at radius 3 is 2.65 bits per heavy atom. The van der Waals surface area contributed by atoms with Crippen molar-refractivity contribution < 1.29 is 13.8 Å². The summed E-state index contributed by atoms with van der Waals surface area (Å²) >= 11 is 0. The fourth-order valence-electron chi connectivity index (χ4n) is 2.96. The topological polar surface area (TPSA) is 67.4 Å². The normalized spacial score (nSPS) is 27.2. The Morgan fingerprint density at radius 2 is 2.00 bits per heavy atom. The van der Waals surface area contributed by atoms with Gasteiger partial charge in [-0.15, -0.1) is 0 Å². The van der Waals surface area contributed by atoms with Crippen LogP contribution in [0.2, 0.25) is 0 Å². The van der Waals surface area contributed by atoms with E-state index in [0.29, 0.717) is 12.5 Å². The quantitative estimate of drug-likeness (QED) is 0.879. The molecule has 0 aromatic heterocycles. The summed E-state index contributed by atoms with van der Waals surface area (Å²) in [5.41, 5.74) is 6.24. The highest BCUT2D eigenvalue weighted by atomic mass is 32.2. The molecule has 1 amide bonds. The van der Waals surface area contributed by atoms with Crippen LogP contribution in [0.4, 0.5) is 0 Å². The first kappa shape index (κ1) is 16.2. The smallest absolute Gasteiger partial charge is 0.216 e. The molecular weight excluding hydrogens is 312 g/mol. The van der Waals surface area contributed by atoms with Crippen LogP contribution in [-0.4, -0.2) is 34.3 Å². The van der Waals surface area contributed by atoms with E-state index in [4.69, 9.17) is 4.84 Å². The fraction of sp³-hybridized carbons (Fsp3) is 0.471. The first-order valence-corrected chi connectivity index (χ1v) is 9.44. The van der Waals surface area contributed by atoms with E-state index >= 15 is 0 Å². The van der Waals surface area contributed by atoms with Gasteiger partial charge in [0.15, 0.2) is 0 Å². The van der Waals surface area contributed by atoms with E-state index in [0.717, 1.165) is 35.6 Å². The number of hydrogen-bond acceptors (Lipinski definition) is 4. The first-order chi connectivity index (χ1) is 11.1. The minimum atomic E-state index is -0.616. The predicted octanol–water partition coefficient (Wildman–Crippen LogP) is 1.69. The standard InChI is InChI=1S/C17H22N2O3S/c1-12(20)18-11-16-10-17(19-22-16)15-4-2-13(3-5-15)14-6-8-23(21)9-7-14/h2-5,10,14,16,19H,6-9,11H2,1H3,(H,18,20). The molecule has 1 aromatic rings. The molecule has 1 fully saturated rings. The van der Waals surface area contributed by atoms with Crippen LogP contribution in [-0.2, 0) is 20.4 Å². The van der Waals surface area contributed by atoms with Gasteiger partial charge in [0.05, 0.1) is 12.2 Å². The van der Waals surface area contributed by atoms with Crippen LogP contribution in [0.5, 0.6) is 0 Å². The van der Waals surface area contributed by atoms with Crippen molar-refractivity contribution >= 4 is 22.4 Å². The summed E-state index contributed by atoms with van der Waals surface area (Å²) in [6.07, 6.45) is 3.85. The Hall–Kier alpha value is -1.66. The van der Waals surface area contributed by atoms with Gasteiger partial charge in [0.1, 0.15) is 6.10 Å². The van der Waals surface area contributed by atoms with E-state index in [9.17, 15) is 9.00 Å². The highest BCUT2D eigenvalue weighted by molar-refractivity contribution is 7.85. The van der Waals surface area contributed by atoms with E-state index in [1.807, 2.05) is 6.08 Å². The second kappa shape index (κ2) is 7.27. The number of hydrogen-bond donors (Lipinski definition) is 2. The Balaban J connectivity index is 1.62. The summed E-state index contributed by atoms with van der Waals surface area (Å²) < 4.78 is 11.4. The molecule has 0 spiro atoms. The monoisotopic (exact) mass is 334 g/mol. The second-order valence-electron chi connectivity index (χ2n) is 6.02. The van der Waals surface area contributed by atoms with Crippen LogP contribution in [0.15, 0.2) is 30.3 Å². The molecule has 1 atom stereocenters. The molecule has 2 aliphatic rings. The van der Waals surface area contributed by atoms with Crippen LogP contribution in [0.3, 0.4) is 0 Å². The van der Waals surface area contributed by atoms with Crippen LogP contribution >= 0.6 is 0 Å². The molecule has 0 aliphatic carbocycles. The molecule has 23 heavy (non-hydrogen) atoms. The molecule has 124 valence electrons. The van der Waals surface area contributed by atoms with Crippen LogP contribution in [0.1, 0.15) is 36.8 Å². The molecule has 2 N–H and O–H groups in total. The van der Waals surface area contributed by atoms with Gasteiger partial charge in [0.25, 0.3) is 0 Å². The van der Waals surface area contributed by atoms with Crippen molar-refractivity contribution in [2.24, 2.45) is 0 Å². The summed E-state index contributed by atoms with van der Waals surface area (Å²) in [6.45, 7) is 1.95. The lowest BCUT2D eigenvalue weighted by Crippen LogP contribution is -2.30. The lowest BCUT2D eigenvalue weighted by molar-refractivity contribution is -0.119. The molecule has 5 nitrogen and oxygen atoms in total. The van der Waals surface area contributed by atoms with Crippen molar-refractivity contribution in [3.63, 3.8) is 0 Å². The summed E-state index contributed by atoms with van der Waals surface area (Å²) in [5, 5.41) is 2.74. The summed E-state index contributed by atoms with van der Waals surface area (Å²) in [7, 11) is -0.616. The van der Waals surface area contributed by atoms with Gasteiger partial charge in [0, 0.05) is 29.2 Å². The molecule has 2 heterocycles. The molecule has 0 saturated carbocycles. The van der Waals surface area contributed by atoms with Gasteiger partial charge in [-0.2, -0.15) is 0 Å². The van der Waals surface area contributed by atoms with Crippen molar-refractivity contribution in [2.75, 3.05) is 18.1 Å². The highest BCUT2D eigenvalue weighted by Gasteiger charge is 2.21.